The monoisotopic (exact) mass is 290 g/mol. The first-order valence-electron chi connectivity index (χ1n) is 5.83. The maximum atomic E-state index is 11.6. The molecule has 6 nitrogen and oxygen atoms in total. The van der Waals surface area contributed by atoms with Gasteiger partial charge in [-0.1, -0.05) is 6.07 Å². The molecule has 2 aliphatic heterocycles. The minimum Gasteiger partial charge on any atom is -0.482 e. The van der Waals surface area contributed by atoms with Crippen molar-refractivity contribution < 1.29 is 19.1 Å². The van der Waals surface area contributed by atoms with Crippen LogP contribution in [-0.2, 0) is 9.59 Å². The van der Waals surface area contributed by atoms with Gasteiger partial charge >= 0.3 is 0 Å². The molecule has 102 valence electrons. The highest BCUT2D eigenvalue weighted by molar-refractivity contribution is 8.18. The molecule has 0 atom stereocenters. The number of imide groups is 1. The van der Waals surface area contributed by atoms with E-state index < -0.39 is 5.91 Å². The van der Waals surface area contributed by atoms with E-state index in [2.05, 4.69) is 5.32 Å². The second-order valence-electron chi connectivity index (χ2n) is 4.32. The summed E-state index contributed by atoms with van der Waals surface area (Å²) >= 11 is 0.857. The number of carbonyl (C=O) groups excluding carboxylic acids is 3. The number of ether oxygens (including phenoxy) is 1. The molecule has 3 rings (SSSR count). The van der Waals surface area contributed by atoms with E-state index in [0.717, 1.165) is 17.3 Å². The number of nitrogens with one attached hydrogen (secondary N) is 1. The lowest BCUT2D eigenvalue weighted by Crippen LogP contribution is -2.35. The van der Waals surface area contributed by atoms with Crippen LogP contribution in [0.15, 0.2) is 23.1 Å². The van der Waals surface area contributed by atoms with Crippen LogP contribution in [0.25, 0.3) is 6.08 Å². The third kappa shape index (κ3) is 2.16. The first-order chi connectivity index (χ1) is 9.54. The Kier molecular flexibility index (Phi) is 2.98. The first-order valence-corrected chi connectivity index (χ1v) is 6.64. The van der Waals surface area contributed by atoms with Crippen molar-refractivity contribution in [3.8, 4) is 5.75 Å². The number of anilines is 1. The normalized spacial score (nSPS) is 19.9. The molecule has 1 aromatic carbocycles. The van der Waals surface area contributed by atoms with Gasteiger partial charge in [0.25, 0.3) is 17.1 Å². The van der Waals surface area contributed by atoms with Gasteiger partial charge in [0.1, 0.15) is 5.75 Å². The average Bonchev–Trinajstić information content (AvgIpc) is 2.73. The van der Waals surface area contributed by atoms with Gasteiger partial charge < -0.3 is 9.64 Å². The molecule has 0 bridgehead atoms. The molecule has 0 aromatic heterocycles. The predicted octanol–water partition coefficient (Wildman–Crippen LogP) is 1.37. The van der Waals surface area contributed by atoms with Crippen molar-refractivity contribution in [2.45, 2.75) is 0 Å². The highest BCUT2D eigenvalue weighted by Crippen LogP contribution is 2.33. The molecule has 0 saturated carbocycles. The molecule has 7 heteroatoms. The van der Waals surface area contributed by atoms with Crippen LogP contribution < -0.4 is 15.0 Å². The number of hydrogen-bond acceptors (Lipinski definition) is 5. The summed E-state index contributed by atoms with van der Waals surface area (Å²) in [5.74, 6) is 0.0812. The Hall–Kier alpha value is -2.28. The van der Waals surface area contributed by atoms with Crippen LogP contribution in [-0.4, -0.2) is 30.7 Å². The smallest absolute Gasteiger partial charge is 0.290 e. The van der Waals surface area contributed by atoms with Gasteiger partial charge in [-0.05, 0) is 35.5 Å². The number of benzene rings is 1. The van der Waals surface area contributed by atoms with Crippen molar-refractivity contribution in [3.05, 3.63) is 28.7 Å². The Bertz CT molecular complexity index is 668. The van der Waals surface area contributed by atoms with Crippen LogP contribution in [0.1, 0.15) is 5.56 Å². The lowest BCUT2D eigenvalue weighted by molar-refractivity contribution is -0.121. The third-order valence-corrected chi connectivity index (χ3v) is 3.82. The van der Waals surface area contributed by atoms with Crippen molar-refractivity contribution >= 4 is 40.6 Å². The van der Waals surface area contributed by atoms with E-state index in [1.807, 2.05) is 0 Å². The SMILES string of the molecule is CN1C(=O)COc2ccc(C=C3SC(=O)NC3=O)cc21. The van der Waals surface area contributed by atoms with Crippen molar-refractivity contribution in [1.82, 2.24) is 5.32 Å². The number of carbonyl (C=O) groups is 3. The van der Waals surface area contributed by atoms with Crippen molar-refractivity contribution in [3.63, 3.8) is 0 Å². The van der Waals surface area contributed by atoms with Crippen LogP contribution in [0.2, 0.25) is 0 Å². The van der Waals surface area contributed by atoms with E-state index in [1.54, 1.807) is 31.3 Å². The summed E-state index contributed by atoms with van der Waals surface area (Å²) in [4.78, 5) is 36.0. The van der Waals surface area contributed by atoms with E-state index in [9.17, 15) is 14.4 Å². The third-order valence-electron chi connectivity index (χ3n) is 3.01. The highest BCUT2D eigenvalue weighted by atomic mass is 32.2. The van der Waals surface area contributed by atoms with E-state index in [-0.39, 0.29) is 17.8 Å². The lowest BCUT2D eigenvalue weighted by Gasteiger charge is -2.26. The van der Waals surface area contributed by atoms with E-state index in [1.165, 1.54) is 4.90 Å². The Morgan fingerprint density at radius 2 is 2.15 bits per heavy atom. The zero-order chi connectivity index (χ0) is 14.3. The van der Waals surface area contributed by atoms with Gasteiger partial charge in [0, 0.05) is 7.05 Å². The number of thioether (sulfide) groups is 1. The fourth-order valence-corrected chi connectivity index (χ4v) is 2.63. The van der Waals surface area contributed by atoms with Gasteiger partial charge in [0.2, 0.25) is 0 Å². The van der Waals surface area contributed by atoms with E-state index in [0.29, 0.717) is 16.3 Å². The summed E-state index contributed by atoms with van der Waals surface area (Å²) in [5.41, 5.74) is 1.37. The molecule has 0 aliphatic carbocycles. The molecule has 1 fully saturated rings. The fraction of sp³-hybridized carbons (Fsp3) is 0.154. The number of likely N-dealkylation sites (N-methyl/N-ethyl adjacent to an activating group) is 1. The summed E-state index contributed by atoms with van der Waals surface area (Å²) in [6.45, 7) is 0.0245. The molecule has 1 N–H and O–H groups in total. The number of fused-ring (bicyclic) bond motifs is 1. The molecule has 1 saturated heterocycles. The topological polar surface area (TPSA) is 75.7 Å². The number of amides is 3. The Morgan fingerprint density at radius 1 is 1.35 bits per heavy atom. The standard InChI is InChI=1S/C13H10N2O4S/c1-15-8-4-7(2-3-9(8)19-6-11(15)16)5-10-12(17)14-13(18)20-10/h2-5H,6H2,1H3,(H,14,17,18). The molecule has 0 unspecified atom stereocenters. The molecule has 0 spiro atoms. The molecule has 3 amide bonds. The second-order valence-corrected chi connectivity index (χ2v) is 5.34. The number of rotatable bonds is 1. The van der Waals surface area contributed by atoms with Gasteiger partial charge in [0.15, 0.2) is 6.61 Å². The Morgan fingerprint density at radius 3 is 2.85 bits per heavy atom. The van der Waals surface area contributed by atoms with Crippen LogP contribution in [0, 0.1) is 0 Å². The fourth-order valence-electron chi connectivity index (χ4n) is 1.95. The van der Waals surface area contributed by atoms with Gasteiger partial charge in [-0.2, -0.15) is 0 Å². The second kappa shape index (κ2) is 4.68. The van der Waals surface area contributed by atoms with Crippen molar-refractivity contribution in [1.29, 1.82) is 0 Å². The van der Waals surface area contributed by atoms with E-state index >= 15 is 0 Å². The number of hydrogen-bond donors (Lipinski definition) is 1. The molecule has 1 aromatic rings. The number of nitrogens with zero attached hydrogens (tertiary/aromatic N) is 1. The molecule has 2 aliphatic rings. The Balaban J connectivity index is 1.97. The highest BCUT2D eigenvalue weighted by Gasteiger charge is 2.26. The van der Waals surface area contributed by atoms with Crippen LogP contribution in [0.3, 0.4) is 0 Å². The van der Waals surface area contributed by atoms with Gasteiger partial charge in [-0.15, -0.1) is 0 Å². The van der Waals surface area contributed by atoms with Crippen molar-refractivity contribution in [2.75, 3.05) is 18.6 Å². The molecular formula is C13H10N2O4S. The minimum absolute atomic E-state index is 0.0245. The van der Waals surface area contributed by atoms with Gasteiger partial charge in [0.05, 0.1) is 10.6 Å². The largest absolute Gasteiger partial charge is 0.482 e. The predicted molar refractivity (Wildman–Crippen MR) is 74.5 cm³/mol. The Labute approximate surface area is 118 Å². The van der Waals surface area contributed by atoms with Crippen LogP contribution in [0.4, 0.5) is 10.5 Å². The molecule has 2 heterocycles. The summed E-state index contributed by atoms with van der Waals surface area (Å²) in [6, 6.07) is 5.26. The first kappa shape index (κ1) is 12.7. The quantitative estimate of drug-likeness (QED) is 0.790. The summed E-state index contributed by atoms with van der Waals surface area (Å²) in [5, 5.41) is 1.81. The molecule has 0 radical (unpaired) electrons. The van der Waals surface area contributed by atoms with Crippen LogP contribution in [0.5, 0.6) is 5.75 Å². The maximum Gasteiger partial charge on any atom is 0.290 e. The summed E-state index contributed by atoms with van der Waals surface area (Å²) in [7, 11) is 1.67. The zero-order valence-electron chi connectivity index (χ0n) is 10.5. The lowest BCUT2D eigenvalue weighted by atomic mass is 10.1. The van der Waals surface area contributed by atoms with Gasteiger partial charge in [-0.25, -0.2) is 0 Å². The average molecular weight is 290 g/mol. The molecular weight excluding hydrogens is 280 g/mol. The zero-order valence-corrected chi connectivity index (χ0v) is 11.3. The minimum atomic E-state index is -0.404. The molecule has 20 heavy (non-hydrogen) atoms. The summed E-state index contributed by atoms with van der Waals surface area (Å²) < 4.78 is 5.32. The summed E-state index contributed by atoms with van der Waals surface area (Å²) in [6.07, 6.45) is 1.61. The van der Waals surface area contributed by atoms with Crippen LogP contribution >= 0.6 is 11.8 Å². The maximum absolute atomic E-state index is 11.6. The van der Waals surface area contributed by atoms with Gasteiger partial charge in [-0.3, -0.25) is 19.7 Å². The van der Waals surface area contributed by atoms with E-state index in [4.69, 9.17) is 4.74 Å². The van der Waals surface area contributed by atoms with Crippen molar-refractivity contribution in [2.24, 2.45) is 0 Å².